The standard InChI is InChI=1S/C11H7BrClNO2/c1-6(12)5-14-9-3-2-7(13)4-8(9)10(15)11(14)16/h2-4H,1,5H2. The third-order valence-electron chi connectivity index (χ3n) is 2.26. The summed E-state index contributed by atoms with van der Waals surface area (Å²) >= 11 is 8.95. The molecule has 82 valence electrons. The molecule has 1 aromatic rings. The van der Waals surface area contributed by atoms with E-state index in [4.69, 9.17) is 11.6 Å². The number of ketones is 1. The van der Waals surface area contributed by atoms with E-state index in [1.54, 1.807) is 12.1 Å². The average molecular weight is 301 g/mol. The highest BCUT2D eigenvalue weighted by Crippen LogP contribution is 2.31. The predicted octanol–water partition coefficient (Wildman–Crippen LogP) is 2.78. The van der Waals surface area contributed by atoms with E-state index in [-0.39, 0.29) is 6.54 Å². The third kappa shape index (κ3) is 1.79. The van der Waals surface area contributed by atoms with Gasteiger partial charge in [-0.25, -0.2) is 0 Å². The largest absolute Gasteiger partial charge is 0.300 e. The number of carbonyl (C=O) groups excluding carboxylic acids is 2. The molecule has 1 aromatic carbocycles. The molecule has 0 aliphatic carbocycles. The first-order chi connectivity index (χ1) is 7.50. The lowest BCUT2D eigenvalue weighted by Gasteiger charge is -2.15. The molecule has 0 saturated heterocycles. The second-order valence-corrected chi connectivity index (χ2v) is 4.96. The van der Waals surface area contributed by atoms with E-state index < -0.39 is 11.7 Å². The quantitative estimate of drug-likeness (QED) is 0.788. The molecule has 0 fully saturated rings. The molecule has 1 aliphatic heterocycles. The van der Waals surface area contributed by atoms with Crippen molar-refractivity contribution in [3.8, 4) is 0 Å². The number of hydrogen-bond acceptors (Lipinski definition) is 2. The van der Waals surface area contributed by atoms with Gasteiger partial charge in [-0.2, -0.15) is 0 Å². The highest BCUT2D eigenvalue weighted by molar-refractivity contribution is 9.11. The van der Waals surface area contributed by atoms with Crippen molar-refractivity contribution < 1.29 is 9.59 Å². The summed E-state index contributed by atoms with van der Waals surface area (Å²) < 4.78 is 0.636. The van der Waals surface area contributed by atoms with Crippen LogP contribution in [0.2, 0.25) is 5.02 Å². The molecular weight excluding hydrogens is 293 g/mol. The Morgan fingerprint density at radius 1 is 1.44 bits per heavy atom. The highest BCUT2D eigenvalue weighted by atomic mass is 79.9. The smallest absolute Gasteiger partial charge is 0.299 e. The van der Waals surface area contributed by atoms with Crippen LogP contribution in [0.15, 0.2) is 29.3 Å². The van der Waals surface area contributed by atoms with Crippen molar-refractivity contribution in [2.24, 2.45) is 0 Å². The molecular formula is C11H7BrClNO2. The molecule has 2 rings (SSSR count). The molecule has 0 spiro atoms. The van der Waals surface area contributed by atoms with E-state index in [1.165, 1.54) is 11.0 Å². The second kappa shape index (κ2) is 4.03. The molecule has 0 N–H and O–H groups in total. The first kappa shape index (κ1) is 11.4. The Hall–Kier alpha value is -1.13. The van der Waals surface area contributed by atoms with Crippen molar-refractivity contribution in [2.75, 3.05) is 11.4 Å². The van der Waals surface area contributed by atoms with Crippen LogP contribution < -0.4 is 4.90 Å². The number of halogens is 2. The zero-order valence-electron chi connectivity index (χ0n) is 8.17. The van der Waals surface area contributed by atoms with E-state index >= 15 is 0 Å². The first-order valence-electron chi connectivity index (χ1n) is 4.49. The van der Waals surface area contributed by atoms with Crippen LogP contribution in [0.1, 0.15) is 10.4 Å². The summed E-state index contributed by atoms with van der Waals surface area (Å²) in [7, 11) is 0. The Kier molecular flexibility index (Phi) is 2.86. The summed E-state index contributed by atoms with van der Waals surface area (Å²) in [5.41, 5.74) is 0.936. The lowest BCUT2D eigenvalue weighted by atomic mass is 10.1. The maximum atomic E-state index is 11.7. The van der Waals surface area contributed by atoms with Crippen LogP contribution in [0.25, 0.3) is 0 Å². The average Bonchev–Trinajstić information content (AvgIpc) is 2.43. The Balaban J connectivity index is 2.50. The molecule has 0 radical (unpaired) electrons. The SMILES string of the molecule is C=C(Br)CN1C(=O)C(=O)c2cc(Cl)ccc21. The van der Waals surface area contributed by atoms with Crippen LogP contribution in [0, 0.1) is 0 Å². The Morgan fingerprint density at radius 3 is 2.75 bits per heavy atom. The van der Waals surface area contributed by atoms with Crippen molar-refractivity contribution in [3.63, 3.8) is 0 Å². The fraction of sp³-hybridized carbons (Fsp3) is 0.0909. The van der Waals surface area contributed by atoms with Crippen LogP contribution in [0.3, 0.4) is 0 Å². The first-order valence-corrected chi connectivity index (χ1v) is 5.67. The Morgan fingerprint density at radius 2 is 2.12 bits per heavy atom. The second-order valence-electron chi connectivity index (χ2n) is 3.40. The highest BCUT2D eigenvalue weighted by Gasteiger charge is 2.35. The monoisotopic (exact) mass is 299 g/mol. The van der Waals surface area contributed by atoms with Gasteiger partial charge in [0.05, 0.1) is 17.8 Å². The normalized spacial score (nSPS) is 14.2. The number of carbonyl (C=O) groups is 2. The third-order valence-corrected chi connectivity index (χ3v) is 2.75. The minimum atomic E-state index is -0.544. The van der Waals surface area contributed by atoms with Gasteiger partial charge in [0.25, 0.3) is 11.7 Å². The molecule has 0 unspecified atom stereocenters. The number of anilines is 1. The topological polar surface area (TPSA) is 37.4 Å². The molecule has 0 bridgehead atoms. The van der Waals surface area contributed by atoms with Gasteiger partial charge in [0.15, 0.2) is 0 Å². The molecule has 0 aromatic heterocycles. The maximum Gasteiger partial charge on any atom is 0.299 e. The van der Waals surface area contributed by atoms with Gasteiger partial charge in [-0.15, -0.1) is 0 Å². The van der Waals surface area contributed by atoms with Crippen LogP contribution in [-0.2, 0) is 4.79 Å². The molecule has 1 amide bonds. The molecule has 1 aliphatic rings. The summed E-state index contributed by atoms with van der Waals surface area (Å²) in [6, 6.07) is 4.82. The van der Waals surface area contributed by atoms with Gasteiger partial charge < -0.3 is 0 Å². The van der Waals surface area contributed by atoms with Gasteiger partial charge in [0.1, 0.15) is 0 Å². The van der Waals surface area contributed by atoms with E-state index in [0.29, 0.717) is 20.8 Å². The van der Waals surface area contributed by atoms with E-state index in [2.05, 4.69) is 22.5 Å². The van der Waals surface area contributed by atoms with Crippen molar-refractivity contribution in [1.29, 1.82) is 0 Å². The number of benzene rings is 1. The lowest BCUT2D eigenvalue weighted by Crippen LogP contribution is -2.30. The number of hydrogen-bond donors (Lipinski definition) is 0. The maximum absolute atomic E-state index is 11.7. The molecule has 1 heterocycles. The number of rotatable bonds is 2. The fourth-order valence-corrected chi connectivity index (χ4v) is 2.02. The van der Waals surface area contributed by atoms with Crippen LogP contribution in [-0.4, -0.2) is 18.2 Å². The summed E-state index contributed by atoms with van der Waals surface area (Å²) in [6.45, 7) is 3.93. The molecule has 0 saturated carbocycles. The van der Waals surface area contributed by atoms with Gasteiger partial charge in [0, 0.05) is 9.51 Å². The number of fused-ring (bicyclic) bond motifs is 1. The van der Waals surface area contributed by atoms with Gasteiger partial charge >= 0.3 is 0 Å². The number of nitrogens with zero attached hydrogens (tertiary/aromatic N) is 1. The summed E-state index contributed by atoms with van der Waals surface area (Å²) in [6.07, 6.45) is 0. The van der Waals surface area contributed by atoms with E-state index in [9.17, 15) is 9.59 Å². The number of amides is 1. The number of Topliss-reactive ketones (excluding diaryl/α,β-unsaturated/α-hetero) is 1. The lowest BCUT2D eigenvalue weighted by molar-refractivity contribution is -0.114. The van der Waals surface area contributed by atoms with Gasteiger partial charge in [-0.1, -0.05) is 34.1 Å². The summed E-state index contributed by atoms with van der Waals surface area (Å²) in [4.78, 5) is 24.7. The molecule has 5 heteroatoms. The summed E-state index contributed by atoms with van der Waals surface area (Å²) in [5.74, 6) is -1.07. The molecule has 16 heavy (non-hydrogen) atoms. The van der Waals surface area contributed by atoms with Crippen molar-refractivity contribution >= 4 is 44.9 Å². The fourth-order valence-electron chi connectivity index (χ4n) is 1.60. The van der Waals surface area contributed by atoms with Crippen LogP contribution in [0.4, 0.5) is 5.69 Å². The van der Waals surface area contributed by atoms with Gasteiger partial charge in [-0.3, -0.25) is 14.5 Å². The van der Waals surface area contributed by atoms with Gasteiger partial charge in [-0.05, 0) is 18.2 Å². The van der Waals surface area contributed by atoms with Crippen molar-refractivity contribution in [1.82, 2.24) is 0 Å². The van der Waals surface area contributed by atoms with Crippen LogP contribution in [0.5, 0.6) is 0 Å². The van der Waals surface area contributed by atoms with E-state index in [1.807, 2.05) is 0 Å². The van der Waals surface area contributed by atoms with Crippen molar-refractivity contribution in [3.05, 3.63) is 39.8 Å². The Labute approximate surface area is 106 Å². The minimum Gasteiger partial charge on any atom is -0.300 e. The zero-order valence-corrected chi connectivity index (χ0v) is 10.5. The summed E-state index contributed by atoms with van der Waals surface area (Å²) in [5, 5.41) is 0.444. The Bertz CT molecular complexity index is 513. The van der Waals surface area contributed by atoms with Crippen molar-refractivity contribution in [2.45, 2.75) is 0 Å². The molecule has 0 atom stereocenters. The van der Waals surface area contributed by atoms with E-state index in [0.717, 1.165) is 0 Å². The zero-order chi connectivity index (χ0) is 11.9. The predicted molar refractivity (Wildman–Crippen MR) is 66.2 cm³/mol. The van der Waals surface area contributed by atoms with Crippen LogP contribution >= 0.6 is 27.5 Å². The molecule has 3 nitrogen and oxygen atoms in total. The van der Waals surface area contributed by atoms with Gasteiger partial charge in [0.2, 0.25) is 0 Å². The minimum absolute atomic E-state index is 0.277.